The summed E-state index contributed by atoms with van der Waals surface area (Å²) >= 11 is 3.21. The first-order valence-corrected chi connectivity index (χ1v) is 9.48. The summed E-state index contributed by atoms with van der Waals surface area (Å²) in [5.41, 5.74) is 0.634. The fourth-order valence-corrected chi connectivity index (χ4v) is 3.99. The molecule has 1 fully saturated rings. The number of aliphatic hydroxyl groups is 1. The Bertz CT molecular complexity index is 944. The average molecular weight is 419 g/mol. The minimum absolute atomic E-state index is 0.0870. The van der Waals surface area contributed by atoms with E-state index in [9.17, 15) is 9.50 Å². The van der Waals surface area contributed by atoms with E-state index in [4.69, 9.17) is 0 Å². The molecule has 7 heteroatoms. The first-order chi connectivity index (χ1) is 12.5. The summed E-state index contributed by atoms with van der Waals surface area (Å²) in [6.07, 6.45) is 4.86. The zero-order valence-electron chi connectivity index (χ0n) is 14.4. The third kappa shape index (κ3) is 3.21. The summed E-state index contributed by atoms with van der Waals surface area (Å²) in [6.45, 7) is 1.58. The van der Waals surface area contributed by atoms with E-state index in [2.05, 4.69) is 30.8 Å². The lowest BCUT2D eigenvalue weighted by Crippen LogP contribution is -2.38. The van der Waals surface area contributed by atoms with E-state index in [1.165, 1.54) is 6.07 Å². The van der Waals surface area contributed by atoms with Crippen molar-refractivity contribution in [1.82, 2.24) is 14.5 Å². The molecule has 1 aromatic carbocycles. The van der Waals surface area contributed by atoms with E-state index in [-0.39, 0.29) is 11.7 Å². The van der Waals surface area contributed by atoms with Crippen molar-refractivity contribution in [2.75, 3.05) is 18.0 Å². The van der Waals surface area contributed by atoms with Crippen molar-refractivity contribution in [3.63, 3.8) is 0 Å². The molecular formula is C19H20BrFN4O. The number of aryl methyl sites for hydroxylation is 1. The lowest BCUT2D eigenvalue weighted by atomic mass is 9.92. The molecule has 1 saturated heterocycles. The highest BCUT2D eigenvalue weighted by Crippen LogP contribution is 2.31. The Balaban J connectivity index is 1.58. The van der Waals surface area contributed by atoms with Gasteiger partial charge in [-0.1, -0.05) is 0 Å². The summed E-state index contributed by atoms with van der Waals surface area (Å²) in [7, 11) is 1.89. The summed E-state index contributed by atoms with van der Waals surface area (Å²) in [5.74, 6) is 1.28. The molecule has 0 aliphatic carbocycles. The number of imidazole rings is 1. The largest absolute Gasteiger partial charge is 0.385 e. The Morgan fingerprint density at radius 1 is 1.35 bits per heavy atom. The summed E-state index contributed by atoms with van der Waals surface area (Å²) in [4.78, 5) is 11.1. The second kappa shape index (κ2) is 6.96. The number of hydrogen-bond acceptors (Lipinski definition) is 4. The van der Waals surface area contributed by atoms with Gasteiger partial charge in [0.2, 0.25) is 0 Å². The number of aliphatic hydroxyl groups excluding tert-OH is 1. The van der Waals surface area contributed by atoms with Gasteiger partial charge in [-0.2, -0.15) is 0 Å². The van der Waals surface area contributed by atoms with Crippen molar-refractivity contribution in [1.29, 1.82) is 0 Å². The van der Waals surface area contributed by atoms with E-state index in [0.29, 0.717) is 22.4 Å². The van der Waals surface area contributed by atoms with Crippen molar-refractivity contribution in [3.8, 4) is 0 Å². The van der Waals surface area contributed by atoms with Crippen LogP contribution in [0.25, 0.3) is 10.9 Å². The molecule has 1 aliphatic rings. The molecule has 0 spiro atoms. The summed E-state index contributed by atoms with van der Waals surface area (Å²) in [6, 6.07) is 7.11. The van der Waals surface area contributed by atoms with Crippen molar-refractivity contribution >= 4 is 32.7 Å². The number of benzene rings is 1. The van der Waals surface area contributed by atoms with Gasteiger partial charge in [-0.25, -0.2) is 14.4 Å². The maximum Gasteiger partial charge on any atom is 0.139 e. The van der Waals surface area contributed by atoms with Gasteiger partial charge in [-0.3, -0.25) is 0 Å². The Hall–Kier alpha value is -1.99. The number of nitrogens with zero attached hydrogens (tertiary/aromatic N) is 4. The Labute approximate surface area is 159 Å². The lowest BCUT2D eigenvalue weighted by Gasteiger charge is -2.35. The van der Waals surface area contributed by atoms with E-state index in [1.807, 2.05) is 29.9 Å². The highest BCUT2D eigenvalue weighted by molar-refractivity contribution is 9.10. The number of halogens is 2. The van der Waals surface area contributed by atoms with Crippen LogP contribution in [0.1, 0.15) is 24.8 Å². The summed E-state index contributed by atoms with van der Waals surface area (Å²) < 4.78 is 16.1. The third-order valence-corrected chi connectivity index (χ3v) is 5.68. The second-order valence-electron chi connectivity index (χ2n) is 6.82. The molecule has 1 N–H and O–H groups in total. The van der Waals surface area contributed by atoms with E-state index in [0.717, 1.165) is 30.6 Å². The third-order valence-electron chi connectivity index (χ3n) is 5.07. The SMILES string of the molecule is Cn1ccnc1C(O)C1CCCN(c2ccc3cc(Br)c(F)cc3n2)C1. The lowest BCUT2D eigenvalue weighted by molar-refractivity contribution is 0.0874. The van der Waals surface area contributed by atoms with Crippen LogP contribution >= 0.6 is 15.9 Å². The van der Waals surface area contributed by atoms with Crippen molar-refractivity contribution in [2.45, 2.75) is 18.9 Å². The van der Waals surface area contributed by atoms with Gasteiger partial charge < -0.3 is 14.6 Å². The number of hydrogen-bond donors (Lipinski definition) is 1. The standard InChI is InChI=1S/C19H20BrFN4O/c1-24-8-6-22-19(24)18(26)13-3-2-7-25(11-13)17-5-4-12-9-14(20)15(21)10-16(12)23-17/h4-6,8-10,13,18,26H,2-3,7,11H2,1H3. The van der Waals surface area contributed by atoms with E-state index < -0.39 is 6.10 Å². The van der Waals surface area contributed by atoms with Gasteiger partial charge in [0, 0.05) is 49.9 Å². The van der Waals surface area contributed by atoms with Gasteiger partial charge in [0.05, 0.1) is 9.99 Å². The van der Waals surface area contributed by atoms with Gasteiger partial charge >= 0.3 is 0 Å². The van der Waals surface area contributed by atoms with Gasteiger partial charge in [-0.05, 0) is 47.0 Å². The number of aromatic nitrogens is 3. The molecule has 136 valence electrons. The Kier molecular flexibility index (Phi) is 4.67. The van der Waals surface area contributed by atoms with Crippen LogP contribution in [0.2, 0.25) is 0 Å². The van der Waals surface area contributed by atoms with Gasteiger partial charge in [0.15, 0.2) is 0 Å². The first-order valence-electron chi connectivity index (χ1n) is 8.69. The topological polar surface area (TPSA) is 54.2 Å². The molecular weight excluding hydrogens is 399 g/mol. The molecule has 2 unspecified atom stereocenters. The number of fused-ring (bicyclic) bond motifs is 1. The molecule has 3 aromatic rings. The molecule has 0 saturated carbocycles. The molecule has 4 rings (SSSR count). The molecule has 2 atom stereocenters. The number of rotatable bonds is 3. The molecule has 0 bridgehead atoms. The maximum atomic E-state index is 13.8. The predicted octanol–water partition coefficient (Wildman–Crippen LogP) is 3.82. The molecule has 26 heavy (non-hydrogen) atoms. The smallest absolute Gasteiger partial charge is 0.139 e. The molecule has 1 aliphatic heterocycles. The van der Waals surface area contributed by atoms with Gasteiger partial charge in [-0.15, -0.1) is 0 Å². The normalized spacial score (nSPS) is 19.1. The van der Waals surface area contributed by atoms with Crippen LogP contribution in [-0.2, 0) is 7.05 Å². The highest BCUT2D eigenvalue weighted by Gasteiger charge is 2.29. The second-order valence-corrected chi connectivity index (χ2v) is 7.67. The van der Waals surface area contributed by atoms with Crippen LogP contribution in [0.5, 0.6) is 0 Å². The van der Waals surface area contributed by atoms with Gasteiger partial charge in [0.1, 0.15) is 23.6 Å². The molecule has 2 aromatic heterocycles. The van der Waals surface area contributed by atoms with Crippen molar-refractivity contribution in [2.24, 2.45) is 13.0 Å². The molecule has 0 amide bonds. The van der Waals surface area contributed by atoms with Crippen molar-refractivity contribution in [3.05, 3.63) is 52.8 Å². The minimum Gasteiger partial charge on any atom is -0.385 e. The van der Waals surface area contributed by atoms with Crippen LogP contribution < -0.4 is 4.90 Å². The highest BCUT2D eigenvalue weighted by atomic mass is 79.9. The number of anilines is 1. The van der Waals surface area contributed by atoms with Crippen LogP contribution in [0.3, 0.4) is 0 Å². The van der Waals surface area contributed by atoms with Crippen LogP contribution in [0, 0.1) is 11.7 Å². The number of pyridine rings is 1. The maximum absolute atomic E-state index is 13.8. The van der Waals surface area contributed by atoms with Crippen LogP contribution in [-0.4, -0.2) is 32.7 Å². The quantitative estimate of drug-likeness (QED) is 0.702. The average Bonchev–Trinajstić information content (AvgIpc) is 3.08. The van der Waals surface area contributed by atoms with Crippen LogP contribution in [0.4, 0.5) is 10.2 Å². The van der Waals surface area contributed by atoms with E-state index >= 15 is 0 Å². The fraction of sp³-hybridized carbons (Fsp3) is 0.368. The minimum atomic E-state index is -0.605. The van der Waals surface area contributed by atoms with E-state index in [1.54, 1.807) is 12.3 Å². The zero-order chi connectivity index (χ0) is 18.3. The van der Waals surface area contributed by atoms with Gasteiger partial charge in [0.25, 0.3) is 0 Å². The molecule has 5 nitrogen and oxygen atoms in total. The summed E-state index contributed by atoms with van der Waals surface area (Å²) in [5, 5.41) is 11.6. The monoisotopic (exact) mass is 418 g/mol. The Morgan fingerprint density at radius 3 is 2.96 bits per heavy atom. The van der Waals surface area contributed by atoms with Crippen LogP contribution in [0.15, 0.2) is 41.1 Å². The Morgan fingerprint density at radius 2 is 2.19 bits per heavy atom. The first kappa shape index (κ1) is 17.4. The number of piperidine rings is 1. The zero-order valence-corrected chi connectivity index (χ0v) is 16.0. The fourth-order valence-electron chi connectivity index (χ4n) is 3.63. The molecule has 0 radical (unpaired) electrons. The predicted molar refractivity (Wildman–Crippen MR) is 103 cm³/mol. The molecule has 3 heterocycles. The van der Waals surface area contributed by atoms with Crippen molar-refractivity contribution < 1.29 is 9.50 Å².